The lowest BCUT2D eigenvalue weighted by molar-refractivity contribution is -0.115. The molecule has 2 N–H and O–H groups in total. The van der Waals surface area contributed by atoms with E-state index in [-0.39, 0.29) is 16.9 Å². The van der Waals surface area contributed by atoms with Crippen LogP contribution in [0.4, 0.5) is 5.69 Å². The lowest BCUT2D eigenvalue weighted by atomic mass is 10.1. The molecule has 1 amide bonds. The summed E-state index contributed by atoms with van der Waals surface area (Å²) in [5.74, 6) is -0.103. The van der Waals surface area contributed by atoms with Gasteiger partial charge in [0.05, 0.1) is 17.6 Å². The van der Waals surface area contributed by atoms with E-state index in [1.807, 2.05) is 18.2 Å². The Balaban J connectivity index is 1.43. The van der Waals surface area contributed by atoms with E-state index in [1.165, 1.54) is 5.56 Å². The monoisotopic (exact) mass is 459 g/mol. The maximum absolute atomic E-state index is 12.7. The van der Waals surface area contributed by atoms with E-state index >= 15 is 0 Å². The summed E-state index contributed by atoms with van der Waals surface area (Å²) in [6.45, 7) is 7.27. The lowest BCUT2D eigenvalue weighted by Crippen LogP contribution is -2.39. The molecule has 2 aromatic rings. The minimum atomic E-state index is -3.59. The van der Waals surface area contributed by atoms with Gasteiger partial charge in [0, 0.05) is 31.7 Å². The molecule has 1 aliphatic rings. The molecular weight excluding hydrogens is 426 g/mol. The Kier molecular flexibility index (Phi) is 8.81. The van der Waals surface area contributed by atoms with E-state index in [4.69, 9.17) is 4.74 Å². The number of carbonyl (C=O) groups is 1. The summed E-state index contributed by atoms with van der Waals surface area (Å²) in [7, 11) is -3.59. The molecule has 8 heteroatoms. The van der Waals surface area contributed by atoms with Crippen molar-refractivity contribution in [2.24, 2.45) is 0 Å². The summed E-state index contributed by atoms with van der Waals surface area (Å²) in [6.07, 6.45) is 2.13. The molecule has 2 aromatic carbocycles. The predicted octanol–water partition coefficient (Wildman–Crippen LogP) is 3.48. The van der Waals surface area contributed by atoms with Gasteiger partial charge in [-0.3, -0.25) is 9.69 Å². The van der Waals surface area contributed by atoms with Crippen LogP contribution >= 0.6 is 0 Å². The van der Waals surface area contributed by atoms with Gasteiger partial charge in [-0.1, -0.05) is 37.3 Å². The van der Waals surface area contributed by atoms with Crippen molar-refractivity contribution in [3.63, 3.8) is 0 Å². The van der Waals surface area contributed by atoms with Crippen LogP contribution in [0.15, 0.2) is 53.4 Å². The highest BCUT2D eigenvalue weighted by Crippen LogP contribution is 2.22. The summed E-state index contributed by atoms with van der Waals surface area (Å²) >= 11 is 0. The Labute approximate surface area is 191 Å². The molecule has 32 heavy (non-hydrogen) atoms. The number of morpholine rings is 1. The van der Waals surface area contributed by atoms with Crippen molar-refractivity contribution in [1.29, 1.82) is 0 Å². The highest BCUT2D eigenvalue weighted by molar-refractivity contribution is 7.89. The number of anilines is 1. The van der Waals surface area contributed by atoms with Gasteiger partial charge in [-0.2, -0.15) is 0 Å². The summed E-state index contributed by atoms with van der Waals surface area (Å²) in [5, 5.41) is 2.75. The second-order valence-electron chi connectivity index (χ2n) is 8.06. The van der Waals surface area contributed by atoms with Crippen molar-refractivity contribution >= 4 is 21.6 Å². The Morgan fingerprint density at radius 1 is 1.16 bits per heavy atom. The Morgan fingerprint density at radius 2 is 1.94 bits per heavy atom. The summed E-state index contributed by atoms with van der Waals surface area (Å²) in [5.41, 5.74) is 2.40. The van der Waals surface area contributed by atoms with Gasteiger partial charge in [0.2, 0.25) is 15.9 Å². The molecule has 1 saturated heterocycles. The highest BCUT2D eigenvalue weighted by Gasteiger charge is 2.21. The number of benzene rings is 2. The van der Waals surface area contributed by atoms with Crippen LogP contribution in [0.1, 0.15) is 43.4 Å². The first-order valence-corrected chi connectivity index (χ1v) is 12.7. The molecule has 1 atom stereocenters. The topological polar surface area (TPSA) is 87.7 Å². The maximum Gasteiger partial charge on any atom is 0.240 e. The summed E-state index contributed by atoms with van der Waals surface area (Å²) < 4.78 is 34.0. The minimum absolute atomic E-state index is 0.0940. The Morgan fingerprint density at radius 3 is 2.66 bits per heavy atom. The van der Waals surface area contributed by atoms with Crippen LogP contribution in [0.2, 0.25) is 0 Å². The third-order valence-electron chi connectivity index (χ3n) is 5.58. The Hall–Kier alpha value is -2.26. The SMILES string of the molecule is CCC(=O)Nc1ccc(S(=O)(=O)NCCCCN2CCOC(c3ccccc3)C2)c(C)c1. The Bertz CT molecular complexity index is 996. The van der Waals surface area contributed by atoms with Gasteiger partial charge in [0.25, 0.3) is 0 Å². The average Bonchev–Trinajstić information content (AvgIpc) is 2.79. The van der Waals surface area contributed by atoms with E-state index in [0.29, 0.717) is 30.8 Å². The van der Waals surface area contributed by atoms with Crippen molar-refractivity contribution in [2.75, 3.05) is 38.1 Å². The van der Waals surface area contributed by atoms with Gasteiger partial charge in [-0.05, 0) is 55.6 Å². The van der Waals surface area contributed by atoms with E-state index in [0.717, 1.165) is 32.5 Å². The molecule has 0 spiro atoms. The van der Waals surface area contributed by atoms with Gasteiger partial charge < -0.3 is 10.1 Å². The molecule has 0 aliphatic carbocycles. The largest absolute Gasteiger partial charge is 0.371 e. The van der Waals surface area contributed by atoms with Crippen LogP contribution in [-0.2, 0) is 19.6 Å². The number of hydrogen-bond donors (Lipinski definition) is 2. The number of carbonyl (C=O) groups excluding carboxylic acids is 1. The normalized spacial score (nSPS) is 17.2. The van der Waals surface area contributed by atoms with E-state index in [2.05, 4.69) is 27.1 Å². The standard InChI is InChI=1S/C24H33N3O4S/c1-3-24(28)26-21-11-12-23(19(2)17-21)32(29,30)25-13-7-8-14-27-15-16-31-22(18-27)20-9-5-4-6-10-20/h4-6,9-12,17,22,25H,3,7-8,13-16,18H2,1-2H3,(H,26,28). The first-order chi connectivity index (χ1) is 15.4. The number of aryl methyl sites for hydroxylation is 1. The molecule has 3 rings (SSSR count). The van der Waals surface area contributed by atoms with E-state index in [1.54, 1.807) is 32.0 Å². The van der Waals surface area contributed by atoms with Crippen molar-refractivity contribution in [1.82, 2.24) is 9.62 Å². The minimum Gasteiger partial charge on any atom is -0.371 e. The number of nitrogens with zero attached hydrogens (tertiary/aromatic N) is 1. The van der Waals surface area contributed by atoms with Gasteiger partial charge in [0.15, 0.2) is 0 Å². The molecule has 0 radical (unpaired) electrons. The van der Waals surface area contributed by atoms with Crippen molar-refractivity contribution in [3.05, 3.63) is 59.7 Å². The number of ether oxygens (including phenoxy) is 1. The smallest absolute Gasteiger partial charge is 0.240 e. The number of rotatable bonds is 10. The number of sulfonamides is 1. The molecule has 0 saturated carbocycles. The number of hydrogen-bond acceptors (Lipinski definition) is 5. The molecule has 0 aromatic heterocycles. The fourth-order valence-corrected chi connectivity index (χ4v) is 5.10. The third kappa shape index (κ3) is 6.87. The molecule has 1 aliphatic heterocycles. The zero-order chi connectivity index (χ0) is 23.0. The predicted molar refractivity (Wildman–Crippen MR) is 126 cm³/mol. The van der Waals surface area contributed by atoms with Crippen LogP contribution in [0.25, 0.3) is 0 Å². The van der Waals surface area contributed by atoms with Crippen LogP contribution in [0.3, 0.4) is 0 Å². The first-order valence-electron chi connectivity index (χ1n) is 11.2. The second-order valence-corrected chi connectivity index (χ2v) is 9.79. The van der Waals surface area contributed by atoms with Crippen LogP contribution in [-0.4, -0.2) is 52.0 Å². The molecule has 174 valence electrons. The van der Waals surface area contributed by atoms with Crippen molar-refractivity contribution in [2.45, 2.75) is 44.1 Å². The van der Waals surface area contributed by atoms with Gasteiger partial charge in [0.1, 0.15) is 0 Å². The van der Waals surface area contributed by atoms with E-state index in [9.17, 15) is 13.2 Å². The van der Waals surface area contributed by atoms with Crippen LogP contribution in [0.5, 0.6) is 0 Å². The van der Waals surface area contributed by atoms with Gasteiger partial charge in [-0.25, -0.2) is 13.1 Å². The fraction of sp³-hybridized carbons (Fsp3) is 0.458. The summed E-state index contributed by atoms with van der Waals surface area (Å²) in [6, 6.07) is 15.1. The zero-order valence-corrected chi connectivity index (χ0v) is 19.7. The fourth-order valence-electron chi connectivity index (χ4n) is 3.80. The van der Waals surface area contributed by atoms with E-state index < -0.39 is 10.0 Å². The summed E-state index contributed by atoms with van der Waals surface area (Å²) in [4.78, 5) is 14.1. The third-order valence-corrected chi connectivity index (χ3v) is 7.21. The average molecular weight is 460 g/mol. The number of unbranched alkanes of at least 4 members (excludes halogenated alkanes) is 1. The molecule has 1 unspecified atom stereocenters. The van der Waals surface area contributed by atoms with Gasteiger partial charge >= 0.3 is 0 Å². The molecule has 7 nitrogen and oxygen atoms in total. The van der Waals surface area contributed by atoms with Gasteiger partial charge in [-0.15, -0.1) is 0 Å². The first kappa shape index (κ1) is 24.4. The second kappa shape index (κ2) is 11.6. The van der Waals surface area contributed by atoms with Crippen LogP contribution < -0.4 is 10.0 Å². The number of nitrogens with one attached hydrogen (secondary N) is 2. The molecule has 1 heterocycles. The quantitative estimate of drug-likeness (QED) is 0.531. The molecule has 0 bridgehead atoms. The maximum atomic E-state index is 12.7. The molecular formula is C24H33N3O4S. The van der Waals surface area contributed by atoms with Crippen LogP contribution in [0, 0.1) is 6.92 Å². The van der Waals surface area contributed by atoms with Crippen molar-refractivity contribution in [3.8, 4) is 0 Å². The highest BCUT2D eigenvalue weighted by atomic mass is 32.2. The molecule has 1 fully saturated rings. The lowest BCUT2D eigenvalue weighted by Gasteiger charge is -2.33. The zero-order valence-electron chi connectivity index (χ0n) is 18.8. The number of amides is 1. The van der Waals surface area contributed by atoms with Crippen molar-refractivity contribution < 1.29 is 17.9 Å².